The first-order valence-electron chi connectivity index (χ1n) is 22.4. The van der Waals surface area contributed by atoms with Gasteiger partial charge in [-0.15, -0.1) is 0 Å². The molecule has 0 aliphatic carbocycles. The highest BCUT2D eigenvalue weighted by molar-refractivity contribution is 7.79. The van der Waals surface area contributed by atoms with Crippen molar-refractivity contribution in [3.63, 3.8) is 0 Å². The predicted octanol–water partition coefficient (Wildman–Crippen LogP) is 9.07. The maximum Gasteiger partial charge on any atom is 0.259 e. The lowest BCUT2D eigenvalue weighted by Gasteiger charge is -2.42. The van der Waals surface area contributed by atoms with E-state index in [1.54, 1.807) is 43.6 Å². The third-order valence-corrected chi connectivity index (χ3v) is 15.5. The van der Waals surface area contributed by atoms with Crippen molar-refractivity contribution in [2.45, 2.75) is 81.4 Å². The zero-order valence-corrected chi connectivity index (χ0v) is 39.9. The van der Waals surface area contributed by atoms with Crippen LogP contribution in [0.15, 0.2) is 124 Å². The Morgan fingerprint density at radius 3 is 2.46 bits per heavy atom. The van der Waals surface area contributed by atoms with Gasteiger partial charge in [0.25, 0.3) is 5.56 Å². The van der Waals surface area contributed by atoms with Crippen LogP contribution >= 0.6 is 23.2 Å². The summed E-state index contributed by atoms with van der Waals surface area (Å²) >= 11 is 10.5. The van der Waals surface area contributed by atoms with Crippen molar-refractivity contribution in [3.05, 3.63) is 157 Å². The van der Waals surface area contributed by atoms with Crippen molar-refractivity contribution in [2.75, 3.05) is 23.3 Å². The van der Waals surface area contributed by atoms with E-state index in [4.69, 9.17) is 27.9 Å². The Morgan fingerprint density at radius 2 is 1.70 bits per heavy atom. The van der Waals surface area contributed by atoms with Crippen molar-refractivity contribution in [3.8, 4) is 11.1 Å². The van der Waals surface area contributed by atoms with Gasteiger partial charge in [0.05, 0.1) is 39.7 Å². The molecule has 5 aliphatic rings. The zero-order chi connectivity index (χ0) is 46.7. The van der Waals surface area contributed by atoms with Crippen LogP contribution in [0.4, 0.5) is 23.0 Å². The smallest absolute Gasteiger partial charge is 0.259 e. The molecule has 340 valence electrons. The first kappa shape index (κ1) is 43.6. The average Bonchev–Trinajstić information content (AvgIpc) is 3.68. The van der Waals surface area contributed by atoms with Crippen LogP contribution in [0.3, 0.4) is 0 Å². The number of halogens is 2. The zero-order valence-electron chi connectivity index (χ0n) is 37.6. The summed E-state index contributed by atoms with van der Waals surface area (Å²) in [5.41, 5.74) is 12.1. The Balaban J connectivity index is 0.776. The molecule has 12 nitrogen and oxygen atoms in total. The molecule has 0 saturated carbocycles. The van der Waals surface area contributed by atoms with E-state index < -0.39 is 16.5 Å². The second-order valence-corrected chi connectivity index (χ2v) is 20.8. The van der Waals surface area contributed by atoms with Crippen LogP contribution in [-0.2, 0) is 51.5 Å². The normalized spacial score (nSPS) is 20.1. The lowest BCUT2D eigenvalue weighted by molar-refractivity contribution is -0.445. The predicted molar refractivity (Wildman–Crippen MR) is 262 cm³/mol. The van der Waals surface area contributed by atoms with Gasteiger partial charge in [-0.05, 0) is 103 Å². The molecule has 0 saturated heterocycles. The second-order valence-electron chi connectivity index (χ2n) is 19.0. The van der Waals surface area contributed by atoms with Crippen molar-refractivity contribution in [1.29, 1.82) is 0 Å². The van der Waals surface area contributed by atoms with Gasteiger partial charge in [0.2, 0.25) is 17.5 Å². The topological polar surface area (TPSA) is 145 Å². The van der Waals surface area contributed by atoms with Crippen LogP contribution < -0.4 is 21.1 Å². The molecule has 3 atom stereocenters. The molecule has 2 N–H and O–H groups in total. The van der Waals surface area contributed by atoms with E-state index in [0.717, 1.165) is 54.0 Å². The number of pyridine rings is 1. The lowest BCUT2D eigenvalue weighted by Crippen LogP contribution is -2.47. The monoisotopic (exact) mass is 951 g/mol. The highest BCUT2D eigenvalue weighted by atomic mass is 35.5. The number of aromatic nitrogens is 3. The van der Waals surface area contributed by atoms with Crippen LogP contribution in [0.5, 0.6) is 0 Å². The van der Waals surface area contributed by atoms with Crippen LogP contribution in [0, 0.1) is 0 Å². The van der Waals surface area contributed by atoms with E-state index in [0.29, 0.717) is 49.6 Å². The standard InChI is InChI=1S/C52H47Cl2N7O5S/c1-51(2)36-21-29(11-15-40(36)60-19-17-42-33(46(51)60)25-34-43(66-42)18-20-61-41-16-14-32(67(64)65)24-37(41)52(3,4)47(34)61)22-44(62)55-26-28-9-12-31(13-10-28)57-50-56-27-30-23-35(49(63)59(5)48(30)58-50)45-38(53)7-6-8-39(45)54/h6-16,21,23-25,27,42-43H,17-20,22,26H2,1-5H3,(H2-,55,56,57,58,62,63,64,65). The number of rotatable bonds is 8. The van der Waals surface area contributed by atoms with E-state index in [-0.39, 0.29) is 35.5 Å². The maximum atomic E-state index is 13.4. The quantitative estimate of drug-likeness (QED) is 0.113. The number of nitrogens with zero attached hydrogens (tertiary/aromatic N) is 5. The van der Waals surface area contributed by atoms with Crippen LogP contribution in [0.1, 0.15) is 62.8 Å². The summed E-state index contributed by atoms with van der Waals surface area (Å²) in [6.07, 6.45) is 5.98. The fourth-order valence-electron chi connectivity index (χ4n) is 11.1. The molecule has 3 unspecified atom stereocenters. The van der Waals surface area contributed by atoms with Gasteiger partial charge >= 0.3 is 0 Å². The highest BCUT2D eigenvalue weighted by Gasteiger charge is 2.54. The first-order valence-corrected chi connectivity index (χ1v) is 24.3. The molecule has 11 rings (SSSR count). The fraction of sp³-hybridized carbons (Fsp3) is 0.288. The van der Waals surface area contributed by atoms with E-state index in [2.05, 4.69) is 82.0 Å². The van der Waals surface area contributed by atoms with Crippen LogP contribution in [0.2, 0.25) is 10.0 Å². The van der Waals surface area contributed by atoms with Gasteiger partial charge < -0.3 is 24.8 Å². The first-order chi connectivity index (χ1) is 32.1. The molecular formula is C52H47Cl2N7O5S. The number of carbonyl (C=O) groups is 1. The van der Waals surface area contributed by atoms with Gasteiger partial charge in [-0.2, -0.15) is 9.56 Å². The Morgan fingerprint density at radius 1 is 0.940 bits per heavy atom. The molecule has 2 aromatic heterocycles. The summed E-state index contributed by atoms with van der Waals surface area (Å²) in [4.78, 5) is 38.7. The summed E-state index contributed by atoms with van der Waals surface area (Å²) in [6.45, 7) is 10.9. The van der Waals surface area contributed by atoms with Gasteiger partial charge in [0, 0.05) is 93.9 Å². The number of ether oxygens (including phenoxy) is 1. The lowest BCUT2D eigenvalue weighted by atomic mass is 9.74. The number of anilines is 3. The minimum absolute atomic E-state index is 0.0170. The summed E-state index contributed by atoms with van der Waals surface area (Å²) < 4.78 is 34.7. The SMILES string of the molecule is Cn1c(=O)c(-c2c(Cl)cccc2Cl)cc2cnc(Nc3ccc(CNC(=O)Cc4ccc5c(c4)C(C)(C)C4=C6C=C7C8=[N+](CCC7OC6CCN45)c4ccc(S(=O)[O-])cc4C8(C)C)cc3)nc21. The number of fused-ring (bicyclic) bond motifs is 9. The minimum atomic E-state index is -2.31. The highest BCUT2D eigenvalue weighted by Crippen LogP contribution is 2.54. The summed E-state index contributed by atoms with van der Waals surface area (Å²) in [7, 11) is 1.65. The molecule has 7 heterocycles. The van der Waals surface area contributed by atoms with Gasteiger partial charge in [-0.25, -0.2) is 4.98 Å². The van der Waals surface area contributed by atoms with E-state index in [1.165, 1.54) is 38.4 Å². The Labute approximate surface area is 400 Å². The molecule has 6 aromatic rings. The Hall–Kier alpha value is -5.96. The molecule has 4 aromatic carbocycles. The third kappa shape index (κ3) is 7.16. The Bertz CT molecular complexity index is 3300. The number of hydrogen-bond donors (Lipinski definition) is 2. The number of benzene rings is 4. The van der Waals surface area contributed by atoms with E-state index in [9.17, 15) is 18.4 Å². The molecule has 15 heteroatoms. The third-order valence-electron chi connectivity index (χ3n) is 14.2. The summed E-state index contributed by atoms with van der Waals surface area (Å²) in [5, 5.41) is 7.74. The van der Waals surface area contributed by atoms with Crippen molar-refractivity contribution in [2.24, 2.45) is 7.05 Å². The molecular weight excluding hydrogens is 906 g/mol. The second kappa shape index (κ2) is 16.1. The average molecular weight is 953 g/mol. The number of aryl methyl sites for hydroxylation is 1. The fourth-order valence-corrected chi connectivity index (χ4v) is 12.1. The van der Waals surface area contributed by atoms with E-state index in [1.807, 2.05) is 36.4 Å². The number of carbonyl (C=O) groups excluding carboxylic acids is 1. The van der Waals surface area contributed by atoms with Gasteiger partial charge in [0.15, 0.2) is 12.3 Å². The van der Waals surface area contributed by atoms with Gasteiger partial charge in [-0.1, -0.05) is 67.4 Å². The molecule has 0 bridgehead atoms. The molecule has 0 spiro atoms. The van der Waals surface area contributed by atoms with Crippen molar-refractivity contribution >= 4 is 79.9 Å². The Kier molecular flexibility index (Phi) is 10.5. The molecule has 1 amide bonds. The maximum absolute atomic E-state index is 13.4. The number of amides is 1. The largest absolute Gasteiger partial charge is 0.768 e. The van der Waals surface area contributed by atoms with Crippen molar-refractivity contribution < 1.29 is 22.9 Å². The summed E-state index contributed by atoms with van der Waals surface area (Å²) in [5.74, 6) is 0.254. The molecule has 5 aliphatic heterocycles. The summed E-state index contributed by atoms with van der Waals surface area (Å²) in [6, 6.07) is 26.4. The van der Waals surface area contributed by atoms with Crippen molar-refractivity contribution in [1.82, 2.24) is 19.9 Å². The van der Waals surface area contributed by atoms with E-state index >= 15 is 0 Å². The number of hydrogen-bond acceptors (Lipinski definition) is 9. The van der Waals surface area contributed by atoms with Gasteiger partial charge in [-0.3, -0.25) is 18.4 Å². The minimum Gasteiger partial charge on any atom is -0.768 e. The molecule has 67 heavy (non-hydrogen) atoms. The van der Waals surface area contributed by atoms with Gasteiger partial charge in [0.1, 0.15) is 5.65 Å². The number of nitrogens with one attached hydrogen (secondary N) is 2. The van der Waals surface area contributed by atoms with Crippen LogP contribution in [0.25, 0.3) is 22.2 Å². The van der Waals surface area contributed by atoms with Crippen LogP contribution in [-0.4, -0.2) is 64.8 Å². The molecule has 0 fully saturated rings. The number of allylic oxidation sites excluding steroid dienone is 1. The molecule has 0 radical (unpaired) electrons.